The molecule has 0 spiro atoms. The monoisotopic (exact) mass is 309 g/mol. The van der Waals surface area contributed by atoms with Crippen molar-refractivity contribution in [2.24, 2.45) is 0 Å². The van der Waals surface area contributed by atoms with Crippen molar-refractivity contribution in [3.8, 4) is 17.0 Å². The zero-order valence-electron chi connectivity index (χ0n) is 9.28. The number of alkyl halides is 1. The van der Waals surface area contributed by atoms with Gasteiger partial charge in [0.2, 0.25) is 0 Å². The fourth-order valence-corrected chi connectivity index (χ4v) is 3.20. The van der Waals surface area contributed by atoms with E-state index >= 15 is 0 Å². The summed E-state index contributed by atoms with van der Waals surface area (Å²) in [4.78, 5) is 4.58. The number of hydrogen-bond donors (Lipinski definition) is 0. The van der Waals surface area contributed by atoms with Gasteiger partial charge in [0, 0.05) is 10.9 Å². The summed E-state index contributed by atoms with van der Waals surface area (Å²) in [6.45, 7) is 0.844. The molecule has 0 fully saturated rings. The fraction of sp³-hybridized carbons (Fsp3) is 0.308. The minimum absolute atomic E-state index is 0.825. The highest BCUT2D eigenvalue weighted by Gasteiger charge is 2.12. The van der Waals surface area contributed by atoms with Crippen LogP contribution in [0.4, 0.5) is 0 Å². The molecule has 2 aromatic rings. The zero-order chi connectivity index (χ0) is 11.7. The first-order chi connectivity index (χ1) is 8.36. The lowest BCUT2D eigenvalue weighted by Crippen LogP contribution is -2.08. The molecule has 0 radical (unpaired) electrons. The van der Waals surface area contributed by atoms with Crippen LogP contribution in [0, 0.1) is 0 Å². The molecule has 1 aliphatic rings. The number of benzene rings is 1. The summed E-state index contributed by atoms with van der Waals surface area (Å²) in [5.41, 5.74) is 3.57. The topological polar surface area (TPSA) is 22.1 Å². The van der Waals surface area contributed by atoms with Gasteiger partial charge in [-0.3, -0.25) is 0 Å². The molecule has 0 N–H and O–H groups in total. The van der Waals surface area contributed by atoms with Gasteiger partial charge in [0.1, 0.15) is 10.8 Å². The molecule has 0 bridgehead atoms. The van der Waals surface area contributed by atoms with Crippen LogP contribution in [0.1, 0.15) is 17.0 Å². The molecule has 0 saturated heterocycles. The highest BCUT2D eigenvalue weighted by molar-refractivity contribution is 9.08. The maximum atomic E-state index is 5.62. The minimum Gasteiger partial charge on any atom is -0.493 e. The molecule has 0 saturated carbocycles. The molecule has 0 aliphatic carbocycles. The van der Waals surface area contributed by atoms with Gasteiger partial charge in [-0.2, -0.15) is 0 Å². The number of aromatic nitrogens is 1. The quantitative estimate of drug-likeness (QED) is 0.781. The van der Waals surface area contributed by atoms with E-state index in [-0.39, 0.29) is 0 Å². The van der Waals surface area contributed by atoms with Crippen LogP contribution in [0.2, 0.25) is 0 Å². The number of fused-ring (bicyclic) bond motifs is 1. The highest BCUT2D eigenvalue weighted by atomic mass is 79.9. The average Bonchev–Trinajstić information content (AvgIpc) is 2.87. The Morgan fingerprint density at radius 2 is 2.35 bits per heavy atom. The summed E-state index contributed by atoms with van der Waals surface area (Å²) in [5.74, 6) is 1.04. The Morgan fingerprint density at radius 1 is 1.41 bits per heavy atom. The standard InChI is InChI=1S/C13H12BrNOS/c14-7-13-15-11(8-17-13)9-3-4-12-10(6-9)2-1-5-16-12/h3-4,6,8H,1-2,5,7H2. The van der Waals surface area contributed by atoms with Crippen LogP contribution in [0.5, 0.6) is 5.75 Å². The van der Waals surface area contributed by atoms with Crippen molar-refractivity contribution in [2.75, 3.05) is 6.61 Å². The smallest absolute Gasteiger partial charge is 0.122 e. The van der Waals surface area contributed by atoms with E-state index < -0.39 is 0 Å². The molecule has 3 rings (SSSR count). The van der Waals surface area contributed by atoms with E-state index in [4.69, 9.17) is 4.74 Å². The molecule has 17 heavy (non-hydrogen) atoms. The Balaban J connectivity index is 1.97. The molecule has 2 heterocycles. The minimum atomic E-state index is 0.825. The Kier molecular flexibility index (Phi) is 3.16. The Bertz CT molecular complexity index is 538. The predicted octanol–water partition coefficient (Wildman–Crippen LogP) is 4.03. The lowest BCUT2D eigenvalue weighted by atomic mass is 10.0. The second kappa shape index (κ2) is 4.78. The van der Waals surface area contributed by atoms with E-state index in [1.54, 1.807) is 11.3 Å². The maximum Gasteiger partial charge on any atom is 0.122 e. The number of rotatable bonds is 2. The van der Waals surface area contributed by atoms with E-state index in [2.05, 4.69) is 44.5 Å². The van der Waals surface area contributed by atoms with Gasteiger partial charge in [-0.15, -0.1) is 11.3 Å². The van der Waals surface area contributed by atoms with E-state index in [1.807, 2.05) is 0 Å². The van der Waals surface area contributed by atoms with Gasteiger partial charge in [-0.1, -0.05) is 15.9 Å². The number of halogens is 1. The molecule has 0 amide bonds. The third-order valence-corrected chi connectivity index (χ3v) is 4.62. The number of nitrogens with zero attached hydrogens (tertiary/aromatic N) is 1. The van der Waals surface area contributed by atoms with Gasteiger partial charge in [-0.25, -0.2) is 4.98 Å². The number of thiazole rings is 1. The van der Waals surface area contributed by atoms with Crippen molar-refractivity contribution in [3.05, 3.63) is 34.2 Å². The van der Waals surface area contributed by atoms with Crippen LogP contribution < -0.4 is 4.74 Å². The maximum absolute atomic E-state index is 5.62. The van der Waals surface area contributed by atoms with Crippen LogP contribution in [0.3, 0.4) is 0 Å². The van der Waals surface area contributed by atoms with Gasteiger partial charge in [0.25, 0.3) is 0 Å². The molecular formula is C13H12BrNOS. The molecule has 1 aromatic heterocycles. The Labute approximate surface area is 113 Å². The molecule has 88 valence electrons. The second-order valence-electron chi connectivity index (χ2n) is 4.03. The van der Waals surface area contributed by atoms with E-state index in [0.717, 1.165) is 41.2 Å². The fourth-order valence-electron chi connectivity index (χ4n) is 2.02. The second-order valence-corrected chi connectivity index (χ2v) is 5.54. The molecule has 4 heteroatoms. The van der Waals surface area contributed by atoms with E-state index in [1.165, 1.54) is 11.1 Å². The van der Waals surface area contributed by atoms with Crippen molar-refractivity contribution in [1.29, 1.82) is 0 Å². The summed E-state index contributed by atoms with van der Waals surface area (Å²) in [5, 5.41) is 4.06. The van der Waals surface area contributed by atoms with Gasteiger partial charge >= 0.3 is 0 Å². The largest absolute Gasteiger partial charge is 0.493 e. The van der Waals surface area contributed by atoms with Gasteiger partial charge in [-0.05, 0) is 36.6 Å². The molecular weight excluding hydrogens is 298 g/mol. The summed E-state index contributed by atoms with van der Waals surface area (Å²) in [6.07, 6.45) is 2.22. The first kappa shape index (κ1) is 11.2. The van der Waals surface area contributed by atoms with Crippen LogP contribution >= 0.6 is 27.3 Å². The van der Waals surface area contributed by atoms with Gasteiger partial charge in [0.15, 0.2) is 0 Å². The van der Waals surface area contributed by atoms with Crippen LogP contribution in [0.15, 0.2) is 23.6 Å². The summed E-state index contributed by atoms with van der Waals surface area (Å²) < 4.78 is 5.62. The van der Waals surface area contributed by atoms with E-state index in [9.17, 15) is 0 Å². The first-order valence-electron chi connectivity index (χ1n) is 5.63. The normalized spacial score (nSPS) is 14.2. The number of aryl methyl sites for hydroxylation is 1. The van der Waals surface area contributed by atoms with Crippen LogP contribution in [-0.4, -0.2) is 11.6 Å². The summed E-state index contributed by atoms with van der Waals surface area (Å²) in [6, 6.07) is 6.37. The molecule has 1 aliphatic heterocycles. The lowest BCUT2D eigenvalue weighted by molar-refractivity contribution is 0.288. The van der Waals surface area contributed by atoms with Gasteiger partial charge in [0.05, 0.1) is 17.6 Å². The van der Waals surface area contributed by atoms with Crippen molar-refractivity contribution in [3.63, 3.8) is 0 Å². The molecule has 2 nitrogen and oxygen atoms in total. The van der Waals surface area contributed by atoms with Crippen LogP contribution in [-0.2, 0) is 11.8 Å². The molecule has 0 unspecified atom stereocenters. The lowest BCUT2D eigenvalue weighted by Gasteiger charge is -2.17. The highest BCUT2D eigenvalue weighted by Crippen LogP contribution is 2.30. The van der Waals surface area contributed by atoms with Crippen molar-refractivity contribution >= 4 is 27.3 Å². The van der Waals surface area contributed by atoms with Gasteiger partial charge < -0.3 is 4.74 Å². The average molecular weight is 310 g/mol. The first-order valence-corrected chi connectivity index (χ1v) is 7.63. The SMILES string of the molecule is BrCc1nc(-c2ccc3c(c2)CCCO3)cs1. The third-order valence-electron chi connectivity index (χ3n) is 2.87. The summed E-state index contributed by atoms with van der Waals surface area (Å²) in [7, 11) is 0. The van der Waals surface area contributed by atoms with E-state index in [0.29, 0.717) is 0 Å². The molecule has 0 atom stereocenters. The molecule has 1 aromatic carbocycles. The van der Waals surface area contributed by atoms with Crippen molar-refractivity contribution in [1.82, 2.24) is 4.98 Å². The van der Waals surface area contributed by atoms with Crippen LogP contribution in [0.25, 0.3) is 11.3 Å². The third kappa shape index (κ3) is 2.24. The zero-order valence-corrected chi connectivity index (χ0v) is 11.7. The Morgan fingerprint density at radius 3 is 3.18 bits per heavy atom. The Hall–Kier alpha value is -0.870. The summed E-state index contributed by atoms with van der Waals surface area (Å²) >= 11 is 5.12. The predicted molar refractivity (Wildman–Crippen MR) is 74.0 cm³/mol. The number of hydrogen-bond acceptors (Lipinski definition) is 3. The number of ether oxygens (including phenoxy) is 1. The van der Waals surface area contributed by atoms with Crippen molar-refractivity contribution in [2.45, 2.75) is 18.2 Å². The van der Waals surface area contributed by atoms with Crippen molar-refractivity contribution < 1.29 is 4.74 Å².